The molecule has 86 valence electrons. The van der Waals surface area contributed by atoms with Crippen LogP contribution >= 0.6 is 0 Å². The molecule has 1 saturated carbocycles. The zero-order valence-corrected chi connectivity index (χ0v) is 9.92. The molecule has 1 heterocycles. The molecule has 0 aromatic rings. The van der Waals surface area contributed by atoms with E-state index < -0.39 is 0 Å². The Balaban J connectivity index is 1.92. The maximum absolute atomic E-state index is 5.75. The van der Waals surface area contributed by atoms with Gasteiger partial charge in [0.15, 0.2) is 5.79 Å². The molecule has 2 aliphatic rings. The highest BCUT2D eigenvalue weighted by atomic mass is 16.7. The van der Waals surface area contributed by atoms with Crippen LogP contribution in [0.2, 0.25) is 0 Å². The Bertz CT molecular complexity index is 235. The largest absolute Gasteiger partial charge is 0.347 e. The minimum Gasteiger partial charge on any atom is -0.347 e. The van der Waals surface area contributed by atoms with E-state index in [0.717, 1.165) is 13.2 Å². The topological polar surface area (TPSA) is 18.5 Å². The summed E-state index contributed by atoms with van der Waals surface area (Å²) in [6.45, 7) is 5.82. The maximum Gasteiger partial charge on any atom is 0.174 e. The highest BCUT2D eigenvalue weighted by Crippen LogP contribution is 2.58. The molecule has 2 rings (SSSR count). The first-order valence-electron chi connectivity index (χ1n) is 6.18. The average Bonchev–Trinajstić information content (AvgIpc) is 2.91. The fourth-order valence-corrected chi connectivity index (χ4v) is 2.34. The van der Waals surface area contributed by atoms with Gasteiger partial charge in [0, 0.05) is 5.41 Å². The second-order valence-corrected chi connectivity index (χ2v) is 4.84. The first-order chi connectivity index (χ1) is 7.22. The third-order valence-corrected chi connectivity index (χ3v) is 3.69. The van der Waals surface area contributed by atoms with Gasteiger partial charge in [-0.1, -0.05) is 31.9 Å². The standard InChI is InChI=1S/C13H22O2/c1-3-4-5-6-7-13(8-9-13)12(2)14-10-11-15-12/h6-7H,3-5,8-11H2,1-2H3. The van der Waals surface area contributed by atoms with Crippen molar-refractivity contribution in [2.45, 2.75) is 51.7 Å². The predicted molar refractivity (Wildman–Crippen MR) is 60.6 cm³/mol. The van der Waals surface area contributed by atoms with Gasteiger partial charge >= 0.3 is 0 Å². The number of ether oxygens (including phenoxy) is 2. The van der Waals surface area contributed by atoms with Crippen molar-refractivity contribution >= 4 is 0 Å². The molecule has 0 N–H and O–H groups in total. The minimum absolute atomic E-state index is 0.192. The maximum atomic E-state index is 5.75. The quantitative estimate of drug-likeness (QED) is 0.512. The van der Waals surface area contributed by atoms with Gasteiger partial charge in [0.2, 0.25) is 0 Å². The Morgan fingerprint density at radius 1 is 1.20 bits per heavy atom. The molecule has 0 aromatic carbocycles. The van der Waals surface area contributed by atoms with E-state index in [4.69, 9.17) is 9.47 Å². The summed E-state index contributed by atoms with van der Waals surface area (Å²) in [4.78, 5) is 0. The van der Waals surface area contributed by atoms with Gasteiger partial charge in [-0.2, -0.15) is 0 Å². The first kappa shape index (κ1) is 11.2. The van der Waals surface area contributed by atoms with Gasteiger partial charge in [0.1, 0.15) is 0 Å². The Morgan fingerprint density at radius 3 is 2.40 bits per heavy atom. The minimum atomic E-state index is -0.338. The summed E-state index contributed by atoms with van der Waals surface area (Å²) in [6.07, 6.45) is 10.8. The highest BCUT2D eigenvalue weighted by molar-refractivity contribution is 5.16. The summed E-state index contributed by atoms with van der Waals surface area (Å²) >= 11 is 0. The van der Waals surface area contributed by atoms with E-state index in [2.05, 4.69) is 26.0 Å². The summed E-state index contributed by atoms with van der Waals surface area (Å²) < 4.78 is 11.5. The number of rotatable bonds is 5. The van der Waals surface area contributed by atoms with Gasteiger partial charge in [0.05, 0.1) is 13.2 Å². The SMILES string of the molecule is CCCCC=CC1(C2(C)OCCO2)CC1. The van der Waals surface area contributed by atoms with Gasteiger partial charge < -0.3 is 9.47 Å². The van der Waals surface area contributed by atoms with Gasteiger partial charge in [-0.05, 0) is 26.2 Å². The Morgan fingerprint density at radius 2 is 1.87 bits per heavy atom. The molecule has 0 spiro atoms. The van der Waals surface area contributed by atoms with Crippen LogP contribution in [0.15, 0.2) is 12.2 Å². The van der Waals surface area contributed by atoms with Crippen LogP contribution in [0.25, 0.3) is 0 Å². The van der Waals surface area contributed by atoms with Crippen molar-refractivity contribution in [1.29, 1.82) is 0 Å². The van der Waals surface area contributed by atoms with Crippen LogP contribution in [0.3, 0.4) is 0 Å². The molecule has 1 aliphatic heterocycles. The first-order valence-corrected chi connectivity index (χ1v) is 6.18. The second kappa shape index (κ2) is 4.26. The fourth-order valence-electron chi connectivity index (χ4n) is 2.34. The van der Waals surface area contributed by atoms with Crippen LogP contribution in [0, 0.1) is 5.41 Å². The van der Waals surface area contributed by atoms with Crippen molar-refractivity contribution in [3.8, 4) is 0 Å². The molecule has 1 saturated heterocycles. The van der Waals surface area contributed by atoms with Gasteiger partial charge in [-0.25, -0.2) is 0 Å². The zero-order chi connectivity index (χ0) is 10.8. The van der Waals surface area contributed by atoms with Crippen LogP contribution in [0.5, 0.6) is 0 Å². The van der Waals surface area contributed by atoms with Crippen LogP contribution in [-0.4, -0.2) is 19.0 Å². The van der Waals surface area contributed by atoms with E-state index in [1.165, 1.54) is 32.1 Å². The van der Waals surface area contributed by atoms with Crippen LogP contribution in [0.1, 0.15) is 46.0 Å². The number of allylic oxidation sites excluding steroid dienone is 1. The number of hydrogen-bond acceptors (Lipinski definition) is 2. The highest BCUT2D eigenvalue weighted by Gasteiger charge is 2.58. The predicted octanol–water partition coefficient (Wildman–Crippen LogP) is 3.28. The number of hydrogen-bond donors (Lipinski definition) is 0. The summed E-state index contributed by atoms with van der Waals surface area (Å²) in [7, 11) is 0. The molecular weight excluding hydrogens is 188 g/mol. The lowest BCUT2D eigenvalue weighted by molar-refractivity contribution is -0.179. The van der Waals surface area contributed by atoms with Crippen molar-refractivity contribution in [1.82, 2.24) is 0 Å². The monoisotopic (exact) mass is 210 g/mol. The number of unbranched alkanes of at least 4 members (excludes halogenated alkanes) is 2. The fraction of sp³-hybridized carbons (Fsp3) is 0.846. The Hall–Kier alpha value is -0.340. The molecule has 2 nitrogen and oxygen atoms in total. The van der Waals surface area contributed by atoms with E-state index in [0.29, 0.717) is 0 Å². The van der Waals surface area contributed by atoms with Gasteiger partial charge in [-0.3, -0.25) is 0 Å². The molecule has 2 fully saturated rings. The van der Waals surface area contributed by atoms with Crippen LogP contribution in [0.4, 0.5) is 0 Å². The third kappa shape index (κ3) is 2.11. The molecule has 0 unspecified atom stereocenters. The van der Waals surface area contributed by atoms with Gasteiger partial charge in [0.25, 0.3) is 0 Å². The van der Waals surface area contributed by atoms with Crippen molar-refractivity contribution < 1.29 is 9.47 Å². The summed E-state index contributed by atoms with van der Waals surface area (Å²) in [5.41, 5.74) is 0.192. The lowest BCUT2D eigenvalue weighted by atomic mass is 9.95. The normalized spacial score (nSPS) is 27.3. The molecule has 0 aromatic heterocycles. The molecule has 0 bridgehead atoms. The summed E-state index contributed by atoms with van der Waals surface area (Å²) in [5, 5.41) is 0. The van der Waals surface area contributed by atoms with Crippen LogP contribution in [-0.2, 0) is 9.47 Å². The van der Waals surface area contributed by atoms with E-state index in [9.17, 15) is 0 Å². The van der Waals surface area contributed by atoms with Crippen molar-refractivity contribution in [3.05, 3.63) is 12.2 Å². The Kier molecular flexibility index (Phi) is 3.17. The molecule has 2 heteroatoms. The second-order valence-electron chi connectivity index (χ2n) is 4.84. The molecule has 0 atom stereocenters. The van der Waals surface area contributed by atoms with E-state index >= 15 is 0 Å². The average molecular weight is 210 g/mol. The molecule has 0 amide bonds. The van der Waals surface area contributed by atoms with Gasteiger partial charge in [-0.15, -0.1) is 0 Å². The molecular formula is C13H22O2. The van der Waals surface area contributed by atoms with Crippen molar-refractivity contribution in [2.75, 3.05) is 13.2 Å². The molecule has 0 radical (unpaired) electrons. The molecule has 1 aliphatic carbocycles. The van der Waals surface area contributed by atoms with E-state index in [1.54, 1.807) is 0 Å². The van der Waals surface area contributed by atoms with E-state index in [1.807, 2.05) is 0 Å². The lowest BCUT2D eigenvalue weighted by Crippen LogP contribution is -2.36. The smallest absolute Gasteiger partial charge is 0.174 e. The lowest BCUT2D eigenvalue weighted by Gasteiger charge is -2.30. The van der Waals surface area contributed by atoms with Crippen LogP contribution < -0.4 is 0 Å². The molecule has 15 heavy (non-hydrogen) atoms. The summed E-state index contributed by atoms with van der Waals surface area (Å²) in [6, 6.07) is 0. The summed E-state index contributed by atoms with van der Waals surface area (Å²) in [5.74, 6) is -0.338. The third-order valence-electron chi connectivity index (χ3n) is 3.69. The Labute approximate surface area is 92.6 Å². The van der Waals surface area contributed by atoms with E-state index in [-0.39, 0.29) is 11.2 Å². The zero-order valence-electron chi connectivity index (χ0n) is 9.92. The van der Waals surface area contributed by atoms with Crippen molar-refractivity contribution in [2.24, 2.45) is 5.41 Å². The van der Waals surface area contributed by atoms with Crippen molar-refractivity contribution in [3.63, 3.8) is 0 Å².